The molecule has 1 unspecified atom stereocenters. The lowest BCUT2D eigenvalue weighted by Gasteiger charge is -2.39. The maximum absolute atomic E-state index is 13.6. The van der Waals surface area contributed by atoms with E-state index in [2.05, 4.69) is 33.1 Å². The van der Waals surface area contributed by atoms with E-state index in [-0.39, 0.29) is 24.2 Å². The van der Waals surface area contributed by atoms with Gasteiger partial charge in [-0.05, 0) is 54.7 Å². The first kappa shape index (κ1) is 20.8. The Morgan fingerprint density at radius 3 is 2.65 bits per heavy atom. The molecule has 3 aliphatic rings. The first-order chi connectivity index (χ1) is 15.1. The quantitative estimate of drug-likeness (QED) is 0.516. The van der Waals surface area contributed by atoms with Crippen molar-refractivity contribution < 1.29 is 14.3 Å². The van der Waals surface area contributed by atoms with Crippen molar-refractivity contribution in [2.24, 2.45) is 5.92 Å². The predicted octanol–water partition coefficient (Wildman–Crippen LogP) is 6.07. The Morgan fingerprint density at radius 1 is 1.13 bits per heavy atom. The molecule has 1 aliphatic carbocycles. The molecule has 7 heteroatoms. The summed E-state index contributed by atoms with van der Waals surface area (Å²) in [6, 6.07) is 14.2. The monoisotopic (exact) mass is 500 g/mol. The maximum Gasteiger partial charge on any atom is 0.262 e. The molecule has 2 aromatic rings. The van der Waals surface area contributed by atoms with Crippen LogP contribution in [0, 0.1) is 5.92 Å². The molecule has 0 bridgehead atoms. The van der Waals surface area contributed by atoms with E-state index in [9.17, 15) is 4.79 Å². The van der Waals surface area contributed by atoms with Crippen LogP contribution in [0.2, 0.25) is 0 Å². The Hall–Kier alpha value is -2.12. The highest BCUT2D eigenvalue weighted by Gasteiger charge is 2.43. The molecule has 5 rings (SSSR count). The molecule has 0 aromatic heterocycles. The smallest absolute Gasteiger partial charge is 0.262 e. The molecule has 1 N–H and O–H groups in total. The van der Waals surface area contributed by atoms with Crippen LogP contribution in [-0.2, 0) is 4.79 Å². The van der Waals surface area contributed by atoms with Gasteiger partial charge in [-0.1, -0.05) is 65.7 Å². The third kappa shape index (κ3) is 4.17. The molecule has 1 saturated heterocycles. The lowest BCUT2D eigenvalue weighted by molar-refractivity contribution is -0.129. The molecular weight excluding hydrogens is 476 g/mol. The first-order valence-electron chi connectivity index (χ1n) is 10.7. The van der Waals surface area contributed by atoms with Crippen molar-refractivity contribution in [1.82, 2.24) is 4.90 Å². The topological polar surface area (TPSA) is 50.8 Å². The Bertz CT molecular complexity index is 1010. The van der Waals surface area contributed by atoms with Gasteiger partial charge in [-0.2, -0.15) is 0 Å². The fourth-order valence-electron chi connectivity index (χ4n) is 4.55. The van der Waals surface area contributed by atoms with Gasteiger partial charge in [0, 0.05) is 16.2 Å². The summed E-state index contributed by atoms with van der Waals surface area (Å²) in [5.74, 6) is 2.03. The van der Waals surface area contributed by atoms with Crippen LogP contribution in [0.25, 0.3) is 6.08 Å². The van der Waals surface area contributed by atoms with Gasteiger partial charge in [0.1, 0.15) is 0 Å². The second-order valence-corrected chi connectivity index (χ2v) is 10.2. The highest BCUT2D eigenvalue weighted by atomic mass is 79.9. The number of ether oxygens (including phenoxy) is 2. The molecule has 1 amide bonds. The lowest BCUT2D eigenvalue weighted by atomic mass is 9.85. The van der Waals surface area contributed by atoms with Crippen LogP contribution < -0.4 is 14.8 Å². The highest BCUT2D eigenvalue weighted by molar-refractivity contribution is 9.10. The third-order valence-corrected chi connectivity index (χ3v) is 8.00. The molecule has 162 valence electrons. The molecule has 2 aromatic carbocycles. The number of benzene rings is 2. The second-order valence-electron chi connectivity index (χ2n) is 8.26. The van der Waals surface area contributed by atoms with Gasteiger partial charge >= 0.3 is 0 Å². The molecule has 1 saturated carbocycles. The van der Waals surface area contributed by atoms with Crippen molar-refractivity contribution in [3.63, 3.8) is 0 Å². The van der Waals surface area contributed by atoms with Crippen LogP contribution in [0.15, 0.2) is 51.8 Å². The number of nitrogens with one attached hydrogen (secondary N) is 1. The second kappa shape index (κ2) is 8.79. The zero-order valence-corrected chi connectivity index (χ0v) is 19.7. The first-order valence-corrected chi connectivity index (χ1v) is 12.4. The number of hydrogen-bond donors (Lipinski definition) is 1. The molecule has 31 heavy (non-hydrogen) atoms. The van der Waals surface area contributed by atoms with E-state index in [4.69, 9.17) is 9.47 Å². The standard InChI is InChI=1S/C24H25BrN2O3S/c1-15-7-5-6-10-19(15)27-23(28)22(31-24(27)26-17-8-3-2-4-9-17)12-16-11-20-21(13-18(16)25)30-14-29-20/h2-4,8-9,11-13,15,19,24,26H,5-7,10,14H2,1H3/b22-12-/t15-,19+,24?/m0/s1. The average molecular weight is 501 g/mol. The van der Waals surface area contributed by atoms with E-state index in [1.165, 1.54) is 19.3 Å². The van der Waals surface area contributed by atoms with Crippen LogP contribution in [-0.4, -0.2) is 29.1 Å². The van der Waals surface area contributed by atoms with Crippen molar-refractivity contribution in [2.75, 3.05) is 12.1 Å². The van der Waals surface area contributed by atoms with Crippen molar-refractivity contribution >= 4 is 45.4 Å². The van der Waals surface area contributed by atoms with E-state index in [1.54, 1.807) is 11.8 Å². The largest absolute Gasteiger partial charge is 0.454 e. The van der Waals surface area contributed by atoms with E-state index in [0.29, 0.717) is 11.7 Å². The number of carbonyl (C=O) groups is 1. The van der Waals surface area contributed by atoms with Crippen molar-refractivity contribution in [3.8, 4) is 11.5 Å². The Labute approximate surface area is 195 Å². The van der Waals surface area contributed by atoms with Crippen molar-refractivity contribution in [3.05, 3.63) is 57.4 Å². The van der Waals surface area contributed by atoms with E-state index in [0.717, 1.165) is 32.8 Å². The van der Waals surface area contributed by atoms with Crippen LogP contribution in [0.5, 0.6) is 11.5 Å². The summed E-state index contributed by atoms with van der Waals surface area (Å²) in [6.07, 6.45) is 6.61. The number of carbonyl (C=O) groups excluding carboxylic acids is 1. The summed E-state index contributed by atoms with van der Waals surface area (Å²) in [5, 5.41) is 3.58. The van der Waals surface area contributed by atoms with Gasteiger partial charge in [-0.15, -0.1) is 0 Å². The van der Waals surface area contributed by atoms with Crippen LogP contribution in [0.3, 0.4) is 0 Å². The molecule has 3 atom stereocenters. The Morgan fingerprint density at radius 2 is 1.87 bits per heavy atom. The minimum absolute atomic E-state index is 0.0988. The van der Waals surface area contributed by atoms with Crippen LogP contribution >= 0.6 is 27.7 Å². The number of rotatable bonds is 4. The molecular formula is C24H25BrN2O3S. The van der Waals surface area contributed by atoms with Crippen LogP contribution in [0.1, 0.15) is 38.2 Å². The highest BCUT2D eigenvalue weighted by Crippen LogP contribution is 2.44. The summed E-state index contributed by atoms with van der Waals surface area (Å²) in [5.41, 5.74) is 1.81. The average Bonchev–Trinajstić information content (AvgIpc) is 3.34. The summed E-state index contributed by atoms with van der Waals surface area (Å²) >= 11 is 5.21. The van der Waals surface area contributed by atoms with Gasteiger partial charge in [0.15, 0.2) is 17.0 Å². The summed E-state index contributed by atoms with van der Waals surface area (Å²) in [4.78, 5) is 16.4. The zero-order chi connectivity index (χ0) is 21.4. The SMILES string of the molecule is C[C@H]1CCCC[C@H]1N1C(=O)/C(=C/c2cc3c(cc2Br)OCO3)SC1Nc1ccccc1. The van der Waals surface area contributed by atoms with E-state index < -0.39 is 0 Å². The predicted molar refractivity (Wildman–Crippen MR) is 128 cm³/mol. The minimum Gasteiger partial charge on any atom is -0.454 e. The number of halogens is 1. The zero-order valence-electron chi connectivity index (χ0n) is 17.3. The number of hydrogen-bond acceptors (Lipinski definition) is 5. The van der Waals surface area contributed by atoms with Gasteiger partial charge in [0.25, 0.3) is 5.91 Å². The number of anilines is 1. The molecule has 5 nitrogen and oxygen atoms in total. The van der Waals surface area contributed by atoms with Crippen LogP contribution in [0.4, 0.5) is 5.69 Å². The number of fused-ring (bicyclic) bond motifs is 1. The van der Waals surface area contributed by atoms with E-state index >= 15 is 0 Å². The third-order valence-electron chi connectivity index (χ3n) is 6.20. The molecule has 2 fully saturated rings. The lowest BCUT2D eigenvalue weighted by Crippen LogP contribution is -2.48. The summed E-state index contributed by atoms with van der Waals surface area (Å²) < 4.78 is 11.9. The van der Waals surface area contributed by atoms with Gasteiger partial charge in [0.05, 0.1) is 4.91 Å². The van der Waals surface area contributed by atoms with Gasteiger partial charge in [0.2, 0.25) is 6.79 Å². The summed E-state index contributed by atoms with van der Waals surface area (Å²) in [6.45, 7) is 2.50. The van der Waals surface area contributed by atoms with Crippen molar-refractivity contribution in [2.45, 2.75) is 44.1 Å². The van der Waals surface area contributed by atoms with Gasteiger partial charge in [-0.3, -0.25) is 4.79 Å². The normalized spacial score (nSPS) is 26.5. The molecule has 0 spiro atoms. The number of thioether (sulfide) groups is 1. The number of amides is 1. The molecule has 2 heterocycles. The van der Waals surface area contributed by atoms with Gasteiger partial charge in [-0.25, -0.2) is 0 Å². The fourth-order valence-corrected chi connectivity index (χ4v) is 6.19. The Balaban J connectivity index is 1.48. The molecule has 2 aliphatic heterocycles. The summed E-state index contributed by atoms with van der Waals surface area (Å²) in [7, 11) is 0. The van der Waals surface area contributed by atoms with Crippen molar-refractivity contribution in [1.29, 1.82) is 0 Å². The maximum atomic E-state index is 13.6. The fraction of sp³-hybridized carbons (Fsp3) is 0.375. The minimum atomic E-state index is -0.125. The molecule has 0 radical (unpaired) electrons. The Kier molecular flexibility index (Phi) is 5.89. The number of nitrogens with zero attached hydrogens (tertiary/aromatic N) is 1. The van der Waals surface area contributed by atoms with Gasteiger partial charge < -0.3 is 19.7 Å². The number of para-hydroxylation sites is 1. The van der Waals surface area contributed by atoms with E-state index in [1.807, 2.05) is 48.5 Å².